The normalized spacial score (nSPS) is 15.9. The first-order chi connectivity index (χ1) is 13.3. The van der Waals surface area contributed by atoms with E-state index in [4.69, 9.17) is 0 Å². The number of likely N-dealkylation sites (tertiary alicyclic amines) is 1. The molecule has 7 nitrogen and oxygen atoms in total. The van der Waals surface area contributed by atoms with Crippen molar-refractivity contribution in [3.63, 3.8) is 0 Å². The third-order valence-corrected chi connectivity index (χ3v) is 6.67. The molecule has 0 atom stereocenters. The van der Waals surface area contributed by atoms with Crippen LogP contribution in [0.3, 0.4) is 0 Å². The molecule has 1 amide bonds. The SMILES string of the molecule is Cc1cccc(C(=O)N2CCC(N(CCn3ccnc3C)S(C)(=O)=O)CC2)c1. The van der Waals surface area contributed by atoms with Gasteiger partial charge in [0.15, 0.2) is 0 Å². The Morgan fingerprint density at radius 1 is 1.25 bits per heavy atom. The average molecular weight is 405 g/mol. The number of hydrogen-bond acceptors (Lipinski definition) is 4. The lowest BCUT2D eigenvalue weighted by atomic mass is 10.0. The lowest BCUT2D eigenvalue weighted by Crippen LogP contribution is -2.49. The van der Waals surface area contributed by atoms with Crippen molar-refractivity contribution in [2.75, 3.05) is 25.9 Å². The van der Waals surface area contributed by atoms with Gasteiger partial charge in [0, 0.05) is 50.2 Å². The van der Waals surface area contributed by atoms with Crippen LogP contribution in [0.5, 0.6) is 0 Å². The molecule has 1 fully saturated rings. The summed E-state index contributed by atoms with van der Waals surface area (Å²) in [5, 5.41) is 0. The van der Waals surface area contributed by atoms with Crippen molar-refractivity contribution in [1.82, 2.24) is 18.8 Å². The van der Waals surface area contributed by atoms with Crippen LogP contribution in [0.25, 0.3) is 0 Å². The van der Waals surface area contributed by atoms with E-state index in [1.165, 1.54) is 6.26 Å². The molecule has 0 saturated carbocycles. The Kier molecular flexibility index (Phi) is 6.20. The summed E-state index contributed by atoms with van der Waals surface area (Å²) >= 11 is 0. The quantitative estimate of drug-likeness (QED) is 0.739. The van der Waals surface area contributed by atoms with E-state index >= 15 is 0 Å². The van der Waals surface area contributed by atoms with Gasteiger partial charge in [0.2, 0.25) is 10.0 Å². The van der Waals surface area contributed by atoms with Crippen molar-refractivity contribution in [3.8, 4) is 0 Å². The van der Waals surface area contributed by atoms with Crippen molar-refractivity contribution in [3.05, 3.63) is 53.6 Å². The van der Waals surface area contributed by atoms with E-state index in [0.29, 0.717) is 44.6 Å². The van der Waals surface area contributed by atoms with Crippen LogP contribution in [-0.4, -0.2) is 65.0 Å². The van der Waals surface area contributed by atoms with E-state index in [1.54, 1.807) is 10.5 Å². The van der Waals surface area contributed by atoms with Gasteiger partial charge in [-0.1, -0.05) is 17.7 Å². The number of carbonyl (C=O) groups excluding carboxylic acids is 1. The van der Waals surface area contributed by atoms with Crippen LogP contribution in [0.4, 0.5) is 0 Å². The fourth-order valence-corrected chi connectivity index (χ4v) is 4.95. The van der Waals surface area contributed by atoms with E-state index in [2.05, 4.69) is 4.98 Å². The highest BCUT2D eigenvalue weighted by Crippen LogP contribution is 2.21. The second-order valence-electron chi connectivity index (χ2n) is 7.43. The number of sulfonamides is 1. The van der Waals surface area contributed by atoms with Gasteiger partial charge in [0.25, 0.3) is 5.91 Å². The molecule has 8 heteroatoms. The van der Waals surface area contributed by atoms with Crippen LogP contribution < -0.4 is 0 Å². The second kappa shape index (κ2) is 8.45. The number of imidazole rings is 1. The molecular weight excluding hydrogens is 376 g/mol. The molecule has 1 aliphatic heterocycles. The number of aryl methyl sites for hydroxylation is 2. The van der Waals surface area contributed by atoms with Crippen LogP contribution in [0, 0.1) is 13.8 Å². The van der Waals surface area contributed by atoms with Gasteiger partial charge in [-0.2, -0.15) is 4.31 Å². The number of aromatic nitrogens is 2. The van der Waals surface area contributed by atoms with Gasteiger partial charge in [-0.3, -0.25) is 4.79 Å². The Morgan fingerprint density at radius 2 is 1.96 bits per heavy atom. The molecule has 28 heavy (non-hydrogen) atoms. The molecule has 1 aliphatic rings. The van der Waals surface area contributed by atoms with Crippen molar-refractivity contribution >= 4 is 15.9 Å². The van der Waals surface area contributed by atoms with Gasteiger partial charge in [-0.15, -0.1) is 0 Å². The summed E-state index contributed by atoms with van der Waals surface area (Å²) in [6.45, 7) is 5.98. The first-order valence-electron chi connectivity index (χ1n) is 9.56. The molecule has 2 heterocycles. The van der Waals surface area contributed by atoms with Crippen LogP contribution in [0.2, 0.25) is 0 Å². The molecule has 2 aromatic rings. The summed E-state index contributed by atoms with van der Waals surface area (Å²) in [6, 6.07) is 7.50. The van der Waals surface area contributed by atoms with Gasteiger partial charge in [-0.05, 0) is 38.8 Å². The summed E-state index contributed by atoms with van der Waals surface area (Å²) in [7, 11) is -3.33. The molecule has 152 valence electrons. The number of rotatable bonds is 6. The third kappa shape index (κ3) is 4.80. The number of piperidine rings is 1. The maximum absolute atomic E-state index is 12.7. The predicted molar refractivity (Wildman–Crippen MR) is 109 cm³/mol. The van der Waals surface area contributed by atoms with Crippen molar-refractivity contribution < 1.29 is 13.2 Å². The summed E-state index contributed by atoms with van der Waals surface area (Å²) in [6.07, 6.45) is 6.13. The number of amides is 1. The smallest absolute Gasteiger partial charge is 0.253 e. The minimum absolute atomic E-state index is 0.0158. The number of benzene rings is 1. The molecule has 0 spiro atoms. The zero-order valence-electron chi connectivity index (χ0n) is 16.7. The Morgan fingerprint density at radius 3 is 2.54 bits per heavy atom. The molecular formula is C20H28N4O3S. The molecule has 1 aromatic carbocycles. The Hall–Kier alpha value is -2.19. The van der Waals surface area contributed by atoms with Gasteiger partial charge in [0.1, 0.15) is 5.82 Å². The molecule has 0 unspecified atom stereocenters. The highest BCUT2D eigenvalue weighted by atomic mass is 32.2. The third-order valence-electron chi connectivity index (χ3n) is 5.33. The fourth-order valence-electron chi connectivity index (χ4n) is 3.78. The van der Waals surface area contributed by atoms with Crippen LogP contribution in [-0.2, 0) is 16.6 Å². The molecule has 0 N–H and O–H groups in total. The molecule has 1 aromatic heterocycles. The molecule has 3 rings (SSSR count). The first-order valence-corrected chi connectivity index (χ1v) is 11.4. The van der Waals surface area contributed by atoms with Gasteiger partial charge in [-0.25, -0.2) is 13.4 Å². The standard InChI is InChI=1S/C20H28N4O3S/c1-16-5-4-6-18(15-16)20(25)23-10-7-19(8-11-23)24(28(3,26)27)14-13-22-12-9-21-17(22)2/h4-6,9,12,15,19H,7-8,10-11,13-14H2,1-3H3. The van der Waals surface area contributed by atoms with E-state index in [0.717, 1.165) is 11.4 Å². The zero-order chi connectivity index (χ0) is 20.3. The van der Waals surface area contributed by atoms with Gasteiger partial charge >= 0.3 is 0 Å². The summed E-state index contributed by atoms with van der Waals surface area (Å²) in [5.41, 5.74) is 1.74. The minimum atomic E-state index is -3.33. The van der Waals surface area contributed by atoms with E-state index in [9.17, 15) is 13.2 Å². The lowest BCUT2D eigenvalue weighted by Gasteiger charge is -2.37. The highest BCUT2D eigenvalue weighted by Gasteiger charge is 2.31. The largest absolute Gasteiger partial charge is 0.339 e. The van der Waals surface area contributed by atoms with Gasteiger partial charge < -0.3 is 9.47 Å². The molecule has 0 aliphatic carbocycles. The molecule has 0 bridgehead atoms. The Balaban J connectivity index is 1.63. The topological polar surface area (TPSA) is 75.5 Å². The fraction of sp³-hybridized carbons (Fsp3) is 0.500. The maximum Gasteiger partial charge on any atom is 0.253 e. The zero-order valence-corrected chi connectivity index (χ0v) is 17.5. The second-order valence-corrected chi connectivity index (χ2v) is 9.37. The van der Waals surface area contributed by atoms with Crippen LogP contribution in [0.15, 0.2) is 36.7 Å². The Labute approximate surface area is 167 Å². The van der Waals surface area contributed by atoms with E-state index in [1.807, 2.05) is 53.8 Å². The monoisotopic (exact) mass is 404 g/mol. The maximum atomic E-state index is 12.7. The average Bonchev–Trinajstić information content (AvgIpc) is 3.06. The van der Waals surface area contributed by atoms with Gasteiger partial charge in [0.05, 0.1) is 6.26 Å². The van der Waals surface area contributed by atoms with E-state index < -0.39 is 10.0 Å². The number of carbonyl (C=O) groups is 1. The predicted octanol–water partition coefficient (Wildman–Crippen LogP) is 2.07. The summed E-state index contributed by atoms with van der Waals surface area (Å²) < 4.78 is 28.3. The molecule has 0 radical (unpaired) electrons. The van der Waals surface area contributed by atoms with Crippen molar-refractivity contribution in [2.45, 2.75) is 39.3 Å². The minimum Gasteiger partial charge on any atom is -0.339 e. The first kappa shape index (κ1) is 20.5. The van der Waals surface area contributed by atoms with Crippen LogP contribution >= 0.6 is 0 Å². The Bertz CT molecular complexity index is 930. The van der Waals surface area contributed by atoms with Crippen LogP contribution in [0.1, 0.15) is 34.6 Å². The lowest BCUT2D eigenvalue weighted by molar-refractivity contribution is 0.0677. The number of hydrogen-bond donors (Lipinski definition) is 0. The van der Waals surface area contributed by atoms with E-state index in [-0.39, 0.29) is 11.9 Å². The summed E-state index contributed by atoms with van der Waals surface area (Å²) in [4.78, 5) is 18.7. The number of nitrogens with zero attached hydrogens (tertiary/aromatic N) is 4. The van der Waals surface area contributed by atoms with Crippen molar-refractivity contribution in [1.29, 1.82) is 0 Å². The summed E-state index contributed by atoms with van der Waals surface area (Å²) in [5.74, 6) is 0.883. The molecule has 1 saturated heterocycles. The van der Waals surface area contributed by atoms with Crippen molar-refractivity contribution in [2.24, 2.45) is 0 Å². The highest BCUT2D eigenvalue weighted by molar-refractivity contribution is 7.88.